The van der Waals surface area contributed by atoms with Crippen molar-refractivity contribution in [1.82, 2.24) is 5.16 Å². The van der Waals surface area contributed by atoms with Gasteiger partial charge in [0.2, 0.25) is 0 Å². The molecule has 1 heterocycles. The van der Waals surface area contributed by atoms with Crippen molar-refractivity contribution in [3.8, 4) is 17.1 Å². The summed E-state index contributed by atoms with van der Waals surface area (Å²) in [6, 6.07) is 2.88. The van der Waals surface area contributed by atoms with Crippen LogP contribution in [-0.2, 0) is 0 Å². The summed E-state index contributed by atoms with van der Waals surface area (Å²) in [5.41, 5.74) is 1.76. The second kappa shape index (κ2) is 4.34. The zero-order chi connectivity index (χ0) is 13.4. The van der Waals surface area contributed by atoms with Crippen LogP contribution >= 0.6 is 11.6 Å². The molecule has 0 aliphatic carbocycles. The van der Waals surface area contributed by atoms with E-state index in [9.17, 15) is 9.90 Å². The van der Waals surface area contributed by atoms with Crippen LogP contribution in [0.25, 0.3) is 11.3 Å². The Morgan fingerprint density at radius 2 is 2.06 bits per heavy atom. The van der Waals surface area contributed by atoms with Gasteiger partial charge in [0.25, 0.3) is 0 Å². The predicted octanol–water partition coefficient (Wildman–Crippen LogP) is 3.02. The number of hydrogen-bond donors (Lipinski definition) is 2. The lowest BCUT2D eigenvalue weighted by Crippen LogP contribution is -1.94. The average Bonchev–Trinajstić information content (AvgIpc) is 2.76. The Morgan fingerprint density at radius 3 is 2.61 bits per heavy atom. The minimum atomic E-state index is -1.19. The number of carboxylic acid groups (broad SMARTS) is 1. The van der Waals surface area contributed by atoms with Crippen LogP contribution in [-0.4, -0.2) is 21.3 Å². The van der Waals surface area contributed by atoms with Crippen molar-refractivity contribution in [1.29, 1.82) is 0 Å². The number of carboxylic acids is 1. The number of aromatic hydroxyl groups is 1. The molecular weight excluding hydrogens is 258 g/mol. The molecule has 0 radical (unpaired) electrons. The molecule has 0 bridgehead atoms. The Balaban J connectivity index is 2.66. The molecule has 1 aromatic heterocycles. The molecule has 94 valence electrons. The molecule has 0 fully saturated rings. The van der Waals surface area contributed by atoms with E-state index >= 15 is 0 Å². The molecule has 0 unspecified atom stereocenters. The van der Waals surface area contributed by atoms with Gasteiger partial charge in [-0.05, 0) is 31.0 Å². The Kier molecular flexibility index (Phi) is 3.00. The maximum atomic E-state index is 10.7. The molecule has 0 saturated carbocycles. The molecule has 2 aromatic rings. The summed E-state index contributed by atoms with van der Waals surface area (Å²) in [5, 5.41) is 22.3. The third-order valence-corrected chi connectivity index (χ3v) is 3.04. The summed E-state index contributed by atoms with van der Waals surface area (Å²) in [4.78, 5) is 10.7. The van der Waals surface area contributed by atoms with Crippen molar-refractivity contribution in [2.24, 2.45) is 0 Å². The van der Waals surface area contributed by atoms with Crippen LogP contribution in [0, 0.1) is 13.8 Å². The Hall–Kier alpha value is -2.01. The topological polar surface area (TPSA) is 83.6 Å². The van der Waals surface area contributed by atoms with Crippen LogP contribution in [0.3, 0.4) is 0 Å². The first-order valence-electron chi connectivity index (χ1n) is 5.11. The molecule has 0 atom stereocenters. The van der Waals surface area contributed by atoms with E-state index in [4.69, 9.17) is 21.2 Å². The number of halogens is 1. The third kappa shape index (κ3) is 1.93. The quantitative estimate of drug-likeness (QED) is 0.874. The number of rotatable bonds is 2. The lowest BCUT2D eigenvalue weighted by molar-refractivity contribution is 0.0686. The van der Waals surface area contributed by atoms with Gasteiger partial charge in [0.1, 0.15) is 5.75 Å². The van der Waals surface area contributed by atoms with Gasteiger partial charge in [-0.25, -0.2) is 4.79 Å². The highest BCUT2D eigenvalue weighted by Crippen LogP contribution is 2.39. The standard InChI is InChI=1S/C12H10ClNO4/c1-5-3-7(13)11(15)10(6(5)2)9-4-8(12(16)17)14-18-9/h3-4,15H,1-2H3,(H,16,17). The summed E-state index contributed by atoms with van der Waals surface area (Å²) < 4.78 is 4.93. The fraction of sp³-hybridized carbons (Fsp3) is 0.167. The van der Waals surface area contributed by atoms with Gasteiger partial charge >= 0.3 is 5.97 Å². The van der Waals surface area contributed by atoms with Crippen molar-refractivity contribution < 1.29 is 19.5 Å². The number of nitrogens with zero attached hydrogens (tertiary/aromatic N) is 1. The maximum Gasteiger partial charge on any atom is 0.358 e. The minimum Gasteiger partial charge on any atom is -0.506 e. The van der Waals surface area contributed by atoms with E-state index in [1.54, 1.807) is 13.0 Å². The lowest BCUT2D eigenvalue weighted by atomic mass is 10.00. The molecule has 2 N–H and O–H groups in total. The fourth-order valence-corrected chi connectivity index (χ4v) is 1.91. The van der Waals surface area contributed by atoms with E-state index < -0.39 is 5.97 Å². The van der Waals surface area contributed by atoms with Crippen LogP contribution in [0.15, 0.2) is 16.7 Å². The number of phenols is 1. The highest BCUT2D eigenvalue weighted by atomic mass is 35.5. The molecule has 0 spiro atoms. The average molecular weight is 268 g/mol. The number of carbonyl (C=O) groups is 1. The first kappa shape index (κ1) is 12.4. The Morgan fingerprint density at radius 1 is 1.39 bits per heavy atom. The number of benzene rings is 1. The van der Waals surface area contributed by atoms with Crippen LogP contribution in [0.1, 0.15) is 21.6 Å². The first-order chi connectivity index (χ1) is 8.41. The smallest absolute Gasteiger partial charge is 0.358 e. The Bertz CT molecular complexity index is 607. The Labute approximate surface area is 108 Å². The summed E-state index contributed by atoms with van der Waals surface area (Å²) in [5.74, 6) is -1.17. The van der Waals surface area contributed by atoms with E-state index in [0.717, 1.165) is 11.1 Å². The normalized spacial score (nSPS) is 10.6. The van der Waals surface area contributed by atoms with Gasteiger partial charge in [-0.3, -0.25) is 0 Å². The highest BCUT2D eigenvalue weighted by molar-refractivity contribution is 6.32. The summed E-state index contributed by atoms with van der Waals surface area (Å²) in [6.45, 7) is 3.61. The van der Waals surface area contributed by atoms with Crippen molar-refractivity contribution in [3.05, 3.63) is 34.0 Å². The van der Waals surface area contributed by atoms with Crippen molar-refractivity contribution in [2.75, 3.05) is 0 Å². The monoisotopic (exact) mass is 267 g/mol. The molecule has 6 heteroatoms. The summed E-state index contributed by atoms with van der Waals surface area (Å²) >= 11 is 5.88. The second-order valence-electron chi connectivity index (χ2n) is 3.91. The van der Waals surface area contributed by atoms with E-state index in [1.165, 1.54) is 6.07 Å². The number of phenolic OH excluding ortho intramolecular Hbond substituents is 1. The van der Waals surface area contributed by atoms with Crippen molar-refractivity contribution >= 4 is 17.6 Å². The molecule has 1 aromatic carbocycles. The van der Waals surface area contributed by atoms with Gasteiger partial charge in [0, 0.05) is 6.07 Å². The van der Waals surface area contributed by atoms with Crippen LogP contribution < -0.4 is 0 Å². The lowest BCUT2D eigenvalue weighted by Gasteiger charge is -2.09. The predicted molar refractivity (Wildman–Crippen MR) is 65.0 cm³/mol. The second-order valence-corrected chi connectivity index (χ2v) is 4.31. The van der Waals surface area contributed by atoms with E-state index in [1.807, 2.05) is 6.92 Å². The zero-order valence-electron chi connectivity index (χ0n) is 9.69. The third-order valence-electron chi connectivity index (χ3n) is 2.75. The van der Waals surface area contributed by atoms with E-state index in [0.29, 0.717) is 5.56 Å². The largest absolute Gasteiger partial charge is 0.506 e. The summed E-state index contributed by atoms with van der Waals surface area (Å²) in [6.07, 6.45) is 0. The summed E-state index contributed by atoms with van der Waals surface area (Å²) in [7, 11) is 0. The van der Waals surface area contributed by atoms with Gasteiger partial charge in [-0.2, -0.15) is 0 Å². The van der Waals surface area contributed by atoms with Gasteiger partial charge < -0.3 is 14.7 Å². The van der Waals surface area contributed by atoms with E-state index in [-0.39, 0.29) is 22.2 Å². The zero-order valence-corrected chi connectivity index (χ0v) is 10.4. The molecule has 0 amide bonds. The molecule has 2 rings (SSSR count). The molecule has 0 aliphatic heterocycles. The van der Waals surface area contributed by atoms with Crippen molar-refractivity contribution in [3.63, 3.8) is 0 Å². The van der Waals surface area contributed by atoms with Crippen molar-refractivity contribution in [2.45, 2.75) is 13.8 Å². The molecular formula is C12H10ClNO4. The molecule has 5 nitrogen and oxygen atoms in total. The highest BCUT2D eigenvalue weighted by Gasteiger charge is 2.19. The van der Waals surface area contributed by atoms with Crippen LogP contribution in [0.2, 0.25) is 5.02 Å². The van der Waals surface area contributed by atoms with E-state index in [2.05, 4.69) is 5.16 Å². The van der Waals surface area contributed by atoms with Gasteiger partial charge in [0.05, 0.1) is 10.6 Å². The fourth-order valence-electron chi connectivity index (χ4n) is 1.66. The van der Waals surface area contributed by atoms with Gasteiger partial charge in [0.15, 0.2) is 11.5 Å². The van der Waals surface area contributed by atoms with Gasteiger partial charge in [-0.1, -0.05) is 16.8 Å². The van der Waals surface area contributed by atoms with Crippen LogP contribution in [0.5, 0.6) is 5.75 Å². The number of aromatic nitrogens is 1. The maximum absolute atomic E-state index is 10.7. The molecule has 0 saturated heterocycles. The number of aromatic carboxylic acids is 1. The SMILES string of the molecule is Cc1cc(Cl)c(O)c(-c2cc(C(=O)O)no2)c1C. The number of hydrogen-bond acceptors (Lipinski definition) is 4. The molecule has 18 heavy (non-hydrogen) atoms. The first-order valence-corrected chi connectivity index (χ1v) is 5.48. The minimum absolute atomic E-state index is 0.146. The van der Waals surface area contributed by atoms with Crippen LogP contribution in [0.4, 0.5) is 0 Å². The van der Waals surface area contributed by atoms with Gasteiger partial charge in [-0.15, -0.1) is 0 Å². The number of aryl methyl sites for hydroxylation is 1. The molecule has 0 aliphatic rings.